The molecule has 0 amide bonds. The van der Waals surface area contributed by atoms with Crippen molar-refractivity contribution in [2.24, 2.45) is 4.99 Å². The highest BCUT2D eigenvalue weighted by molar-refractivity contribution is 5.88. The van der Waals surface area contributed by atoms with Gasteiger partial charge in [0, 0.05) is 18.2 Å². The second-order valence-corrected chi connectivity index (χ2v) is 4.07. The number of alkyl halides is 3. The number of aliphatic imine (C=N–C) groups is 1. The monoisotopic (exact) mass is 261 g/mol. The zero-order chi connectivity index (χ0) is 13.9. The van der Waals surface area contributed by atoms with Gasteiger partial charge in [-0.3, -0.25) is 4.99 Å². The lowest BCUT2D eigenvalue weighted by Gasteiger charge is -2.18. The van der Waals surface area contributed by atoms with E-state index in [1.54, 1.807) is 13.8 Å². The Labute approximate surface area is 104 Å². The lowest BCUT2D eigenvalue weighted by molar-refractivity contribution is -0.138. The summed E-state index contributed by atoms with van der Waals surface area (Å²) in [5.41, 5.74) is -0.270. The van der Waals surface area contributed by atoms with Crippen LogP contribution in [0.4, 0.5) is 17.6 Å². The van der Waals surface area contributed by atoms with Crippen LogP contribution in [-0.2, 0) is 6.18 Å². The molecule has 0 heterocycles. The van der Waals surface area contributed by atoms with Gasteiger partial charge in [-0.15, -0.1) is 0 Å². The fourth-order valence-corrected chi connectivity index (χ4v) is 1.76. The molecule has 5 heteroatoms. The summed E-state index contributed by atoms with van der Waals surface area (Å²) in [7, 11) is 0. The quantitative estimate of drug-likeness (QED) is 0.564. The number of hydrogen-bond acceptors (Lipinski definition) is 1. The second kappa shape index (κ2) is 5.50. The van der Waals surface area contributed by atoms with Gasteiger partial charge < -0.3 is 0 Å². The van der Waals surface area contributed by atoms with Crippen molar-refractivity contribution in [2.45, 2.75) is 32.9 Å². The standard InChI is InChI=1S/C13H15F4N/c1-4-18-9(3)8(2)11-6-5-10(14)7-12(11)13(15,16)17/h5-8H,4H2,1-3H3. The smallest absolute Gasteiger partial charge is 0.294 e. The maximum atomic E-state index is 13.0. The van der Waals surface area contributed by atoms with Gasteiger partial charge in [-0.2, -0.15) is 13.2 Å². The highest BCUT2D eigenvalue weighted by atomic mass is 19.4. The van der Waals surface area contributed by atoms with E-state index in [1.165, 1.54) is 6.07 Å². The normalized spacial score (nSPS) is 14.7. The van der Waals surface area contributed by atoms with E-state index < -0.39 is 23.5 Å². The maximum Gasteiger partial charge on any atom is 0.416 e. The van der Waals surface area contributed by atoms with E-state index in [1.807, 2.05) is 6.92 Å². The Morgan fingerprint density at radius 1 is 1.33 bits per heavy atom. The van der Waals surface area contributed by atoms with Crippen LogP contribution < -0.4 is 0 Å². The van der Waals surface area contributed by atoms with Crippen LogP contribution in [0.2, 0.25) is 0 Å². The van der Waals surface area contributed by atoms with Gasteiger partial charge in [-0.25, -0.2) is 4.39 Å². The minimum atomic E-state index is -4.56. The number of nitrogens with zero attached hydrogens (tertiary/aromatic N) is 1. The number of rotatable bonds is 3. The predicted octanol–water partition coefficient (Wildman–Crippen LogP) is 4.43. The molecule has 0 spiro atoms. The van der Waals surface area contributed by atoms with Gasteiger partial charge in [0.05, 0.1) is 5.56 Å². The van der Waals surface area contributed by atoms with E-state index in [0.717, 1.165) is 6.07 Å². The van der Waals surface area contributed by atoms with E-state index in [9.17, 15) is 17.6 Å². The number of hydrogen-bond donors (Lipinski definition) is 0. The molecule has 1 rings (SSSR count). The van der Waals surface area contributed by atoms with Crippen LogP contribution in [0, 0.1) is 5.82 Å². The Morgan fingerprint density at radius 2 is 1.94 bits per heavy atom. The van der Waals surface area contributed by atoms with Gasteiger partial charge in [0.25, 0.3) is 0 Å². The molecular weight excluding hydrogens is 246 g/mol. The summed E-state index contributed by atoms with van der Waals surface area (Å²) in [5.74, 6) is -1.37. The maximum absolute atomic E-state index is 13.0. The molecule has 0 aliphatic carbocycles. The van der Waals surface area contributed by atoms with Gasteiger partial charge in [-0.05, 0) is 31.5 Å². The highest BCUT2D eigenvalue weighted by Gasteiger charge is 2.35. The Hall–Kier alpha value is -1.39. The van der Waals surface area contributed by atoms with E-state index in [4.69, 9.17) is 0 Å². The van der Waals surface area contributed by atoms with Crippen molar-refractivity contribution in [3.63, 3.8) is 0 Å². The lowest BCUT2D eigenvalue weighted by atomic mass is 9.92. The summed E-state index contributed by atoms with van der Waals surface area (Å²) < 4.78 is 51.5. The predicted molar refractivity (Wildman–Crippen MR) is 63.5 cm³/mol. The van der Waals surface area contributed by atoms with Crippen molar-refractivity contribution < 1.29 is 17.6 Å². The second-order valence-electron chi connectivity index (χ2n) is 4.07. The minimum absolute atomic E-state index is 0.0543. The van der Waals surface area contributed by atoms with Gasteiger partial charge in [0.15, 0.2) is 0 Å². The fraction of sp³-hybridized carbons (Fsp3) is 0.462. The van der Waals surface area contributed by atoms with Crippen molar-refractivity contribution >= 4 is 5.71 Å². The molecule has 1 nitrogen and oxygen atoms in total. The van der Waals surface area contributed by atoms with Crippen LogP contribution in [0.15, 0.2) is 23.2 Å². The molecule has 0 N–H and O–H groups in total. The largest absolute Gasteiger partial charge is 0.416 e. The first-order valence-electron chi connectivity index (χ1n) is 5.65. The molecule has 0 aliphatic rings. The molecule has 1 atom stereocenters. The van der Waals surface area contributed by atoms with E-state index in [-0.39, 0.29) is 5.56 Å². The van der Waals surface area contributed by atoms with Crippen LogP contribution in [-0.4, -0.2) is 12.3 Å². The van der Waals surface area contributed by atoms with Gasteiger partial charge in [0.1, 0.15) is 5.82 Å². The molecule has 0 radical (unpaired) electrons. The van der Waals surface area contributed by atoms with E-state index in [2.05, 4.69) is 4.99 Å². The molecule has 18 heavy (non-hydrogen) atoms. The van der Waals surface area contributed by atoms with Gasteiger partial charge in [0.2, 0.25) is 0 Å². The minimum Gasteiger partial charge on any atom is -0.294 e. The van der Waals surface area contributed by atoms with E-state index >= 15 is 0 Å². The first kappa shape index (κ1) is 14.7. The lowest BCUT2D eigenvalue weighted by Crippen LogP contribution is -2.15. The molecule has 0 saturated carbocycles. The van der Waals surface area contributed by atoms with Crippen LogP contribution in [0.25, 0.3) is 0 Å². The Morgan fingerprint density at radius 3 is 2.44 bits per heavy atom. The van der Waals surface area contributed by atoms with Crippen molar-refractivity contribution in [1.82, 2.24) is 0 Å². The molecule has 0 saturated heterocycles. The zero-order valence-corrected chi connectivity index (χ0v) is 10.5. The van der Waals surface area contributed by atoms with Crippen molar-refractivity contribution in [2.75, 3.05) is 6.54 Å². The van der Waals surface area contributed by atoms with Crippen molar-refractivity contribution in [1.29, 1.82) is 0 Å². The topological polar surface area (TPSA) is 12.4 Å². The SMILES string of the molecule is CCN=C(C)C(C)c1ccc(F)cc1C(F)(F)F. The average molecular weight is 261 g/mol. The van der Waals surface area contributed by atoms with Gasteiger partial charge in [-0.1, -0.05) is 13.0 Å². The zero-order valence-electron chi connectivity index (χ0n) is 10.5. The third kappa shape index (κ3) is 3.31. The molecule has 1 aromatic rings. The number of halogens is 4. The molecule has 0 fully saturated rings. The molecule has 0 bridgehead atoms. The Kier molecular flexibility index (Phi) is 4.48. The molecule has 1 aromatic carbocycles. The van der Waals surface area contributed by atoms with Gasteiger partial charge >= 0.3 is 6.18 Å². The highest BCUT2D eigenvalue weighted by Crippen LogP contribution is 2.36. The summed E-state index contributed by atoms with van der Waals surface area (Å²) in [4.78, 5) is 4.10. The van der Waals surface area contributed by atoms with Crippen LogP contribution in [0.5, 0.6) is 0 Å². The molecule has 0 aliphatic heterocycles. The fourth-order valence-electron chi connectivity index (χ4n) is 1.76. The van der Waals surface area contributed by atoms with Crippen LogP contribution in [0.1, 0.15) is 37.8 Å². The molecule has 1 unspecified atom stereocenters. The molecule has 100 valence electrons. The van der Waals surface area contributed by atoms with Crippen LogP contribution in [0.3, 0.4) is 0 Å². The van der Waals surface area contributed by atoms with Crippen LogP contribution >= 0.6 is 0 Å². The first-order valence-corrected chi connectivity index (χ1v) is 5.65. The third-order valence-corrected chi connectivity index (χ3v) is 2.82. The molecular formula is C13H15F4N. The van der Waals surface area contributed by atoms with Crippen molar-refractivity contribution in [3.8, 4) is 0 Å². The summed E-state index contributed by atoms with van der Waals surface area (Å²) >= 11 is 0. The average Bonchev–Trinajstić information content (AvgIpc) is 2.27. The summed E-state index contributed by atoms with van der Waals surface area (Å²) in [6.07, 6.45) is -4.56. The first-order chi connectivity index (χ1) is 8.27. The summed E-state index contributed by atoms with van der Waals surface area (Å²) in [5, 5.41) is 0. The molecule has 0 aromatic heterocycles. The number of benzene rings is 1. The summed E-state index contributed by atoms with van der Waals surface area (Å²) in [6, 6.07) is 2.75. The van der Waals surface area contributed by atoms with E-state index in [0.29, 0.717) is 18.3 Å². The third-order valence-electron chi connectivity index (χ3n) is 2.82. The Balaban J connectivity index is 3.28. The summed E-state index contributed by atoms with van der Waals surface area (Å²) in [6.45, 7) is 5.64. The Bertz CT molecular complexity index is 449. The van der Waals surface area contributed by atoms with Crippen molar-refractivity contribution in [3.05, 3.63) is 35.1 Å².